The van der Waals surface area contributed by atoms with E-state index in [-0.39, 0.29) is 0 Å². The summed E-state index contributed by atoms with van der Waals surface area (Å²) in [5.41, 5.74) is 1.88. The first-order valence-electron chi connectivity index (χ1n) is 6.93. The zero-order chi connectivity index (χ0) is 15.2. The Morgan fingerprint density at radius 3 is 3.00 bits per heavy atom. The van der Waals surface area contributed by atoms with Crippen LogP contribution in [-0.2, 0) is 11.3 Å². The second-order valence-electron chi connectivity index (χ2n) is 4.70. The molecule has 2 aromatic rings. The molecule has 2 rings (SSSR count). The van der Waals surface area contributed by atoms with Crippen LogP contribution in [0, 0.1) is 6.92 Å². The Hall–Kier alpha value is -1.04. The second kappa shape index (κ2) is 7.82. The van der Waals surface area contributed by atoms with Crippen LogP contribution in [0.5, 0.6) is 0 Å². The van der Waals surface area contributed by atoms with E-state index in [0.29, 0.717) is 5.02 Å². The maximum absolute atomic E-state index is 6.04. The molecule has 0 saturated carbocycles. The molecule has 0 aliphatic rings. The van der Waals surface area contributed by atoms with Gasteiger partial charge in [0, 0.05) is 35.5 Å². The lowest BCUT2D eigenvalue weighted by atomic mass is 10.3. The van der Waals surface area contributed by atoms with E-state index in [2.05, 4.69) is 30.8 Å². The minimum Gasteiger partial charge on any atom is -0.382 e. The molecular weight excluding hydrogens is 354 g/mol. The number of halogens is 2. The van der Waals surface area contributed by atoms with Gasteiger partial charge in [0.05, 0.1) is 11.4 Å². The molecule has 1 N–H and O–H groups in total. The van der Waals surface area contributed by atoms with Gasteiger partial charge >= 0.3 is 0 Å². The van der Waals surface area contributed by atoms with Crippen LogP contribution < -0.4 is 5.32 Å². The van der Waals surface area contributed by atoms with Crippen LogP contribution in [-0.4, -0.2) is 22.8 Å². The van der Waals surface area contributed by atoms with Crippen LogP contribution >= 0.6 is 27.5 Å². The molecule has 4 nitrogen and oxygen atoms in total. The summed E-state index contributed by atoms with van der Waals surface area (Å²) >= 11 is 9.56. The molecule has 21 heavy (non-hydrogen) atoms. The van der Waals surface area contributed by atoms with E-state index in [1.807, 2.05) is 38.2 Å². The minimum atomic E-state index is 0.687. The molecule has 0 aliphatic heterocycles. The second-order valence-corrected chi connectivity index (χ2v) is 5.99. The van der Waals surface area contributed by atoms with E-state index < -0.39 is 0 Å². The molecule has 0 aliphatic carbocycles. The van der Waals surface area contributed by atoms with E-state index in [4.69, 9.17) is 16.3 Å². The van der Waals surface area contributed by atoms with E-state index in [1.165, 1.54) is 0 Å². The van der Waals surface area contributed by atoms with Crippen LogP contribution in [0.25, 0.3) is 0 Å². The SMILES string of the molecule is CCOCCCn1cc(C)nc1Nc1cc(Cl)ccc1Br. The molecule has 0 bridgehead atoms. The van der Waals surface area contributed by atoms with Gasteiger partial charge in [-0.2, -0.15) is 0 Å². The van der Waals surface area contributed by atoms with E-state index >= 15 is 0 Å². The summed E-state index contributed by atoms with van der Waals surface area (Å²) in [4.78, 5) is 4.52. The average molecular weight is 373 g/mol. The summed E-state index contributed by atoms with van der Waals surface area (Å²) in [6.45, 7) is 6.36. The first-order valence-corrected chi connectivity index (χ1v) is 8.11. The lowest BCUT2D eigenvalue weighted by molar-refractivity contribution is 0.142. The highest BCUT2D eigenvalue weighted by Gasteiger charge is 2.08. The van der Waals surface area contributed by atoms with Gasteiger partial charge in [0.2, 0.25) is 5.95 Å². The summed E-state index contributed by atoms with van der Waals surface area (Å²) in [7, 11) is 0. The highest BCUT2D eigenvalue weighted by molar-refractivity contribution is 9.10. The molecule has 0 saturated heterocycles. The van der Waals surface area contributed by atoms with E-state index in [1.54, 1.807) is 0 Å². The Labute approximate surface area is 138 Å². The maximum Gasteiger partial charge on any atom is 0.207 e. The number of imidazole rings is 1. The zero-order valence-corrected chi connectivity index (χ0v) is 14.5. The zero-order valence-electron chi connectivity index (χ0n) is 12.2. The molecule has 114 valence electrons. The lowest BCUT2D eigenvalue weighted by Crippen LogP contribution is -2.06. The smallest absolute Gasteiger partial charge is 0.207 e. The van der Waals surface area contributed by atoms with Crippen molar-refractivity contribution in [2.24, 2.45) is 0 Å². The number of rotatable bonds is 7. The minimum absolute atomic E-state index is 0.687. The standard InChI is InChI=1S/C15H19BrClN3O/c1-3-21-8-4-7-20-10-11(2)18-15(20)19-14-9-12(17)5-6-13(14)16/h5-6,9-10H,3-4,7-8H2,1-2H3,(H,18,19). The predicted molar refractivity (Wildman–Crippen MR) is 90.5 cm³/mol. The number of benzene rings is 1. The van der Waals surface area contributed by atoms with Crippen molar-refractivity contribution < 1.29 is 4.74 Å². The van der Waals surface area contributed by atoms with Crippen molar-refractivity contribution in [3.8, 4) is 0 Å². The molecular formula is C15H19BrClN3O. The monoisotopic (exact) mass is 371 g/mol. The van der Waals surface area contributed by atoms with Crippen molar-refractivity contribution in [2.45, 2.75) is 26.8 Å². The normalized spacial score (nSPS) is 10.9. The summed E-state index contributed by atoms with van der Waals surface area (Å²) in [5, 5.41) is 4.01. The molecule has 1 aromatic carbocycles. The fourth-order valence-corrected chi connectivity index (χ4v) is 2.53. The molecule has 0 amide bonds. The van der Waals surface area contributed by atoms with Gasteiger partial charge in [0.15, 0.2) is 0 Å². The van der Waals surface area contributed by atoms with Crippen molar-refractivity contribution in [2.75, 3.05) is 18.5 Å². The third-order valence-electron chi connectivity index (χ3n) is 2.96. The Morgan fingerprint density at radius 2 is 2.24 bits per heavy atom. The van der Waals surface area contributed by atoms with Gasteiger partial charge in [-0.3, -0.25) is 0 Å². The van der Waals surface area contributed by atoms with Gasteiger partial charge in [0.25, 0.3) is 0 Å². The van der Waals surface area contributed by atoms with Gasteiger partial charge in [-0.05, 0) is 54.4 Å². The fraction of sp³-hybridized carbons (Fsp3) is 0.400. The number of anilines is 2. The van der Waals surface area contributed by atoms with E-state index in [0.717, 1.165) is 48.0 Å². The lowest BCUT2D eigenvalue weighted by Gasteiger charge is -2.11. The first kappa shape index (κ1) is 16.3. The van der Waals surface area contributed by atoms with E-state index in [9.17, 15) is 0 Å². The molecule has 0 spiro atoms. The molecule has 0 atom stereocenters. The summed E-state index contributed by atoms with van der Waals surface area (Å²) < 4.78 is 8.43. The third-order valence-corrected chi connectivity index (χ3v) is 3.89. The average Bonchev–Trinajstić information content (AvgIpc) is 2.79. The van der Waals surface area contributed by atoms with Crippen molar-refractivity contribution >= 4 is 39.2 Å². The maximum atomic E-state index is 6.04. The van der Waals surface area contributed by atoms with Gasteiger partial charge in [-0.1, -0.05) is 11.6 Å². The number of hydrogen-bond donors (Lipinski definition) is 1. The van der Waals surface area contributed by atoms with Crippen molar-refractivity contribution in [3.63, 3.8) is 0 Å². The first-order chi connectivity index (χ1) is 10.1. The number of aromatic nitrogens is 2. The quantitative estimate of drug-likeness (QED) is 0.711. The highest BCUT2D eigenvalue weighted by Crippen LogP contribution is 2.28. The molecule has 1 aromatic heterocycles. The Kier molecular flexibility index (Phi) is 6.08. The molecule has 0 radical (unpaired) electrons. The molecule has 1 heterocycles. The number of nitrogens with zero attached hydrogens (tertiary/aromatic N) is 2. The van der Waals surface area contributed by atoms with Crippen LogP contribution in [0.1, 0.15) is 19.0 Å². The fourth-order valence-electron chi connectivity index (χ4n) is 2.01. The van der Waals surface area contributed by atoms with Crippen LogP contribution in [0.3, 0.4) is 0 Å². The number of ether oxygens (including phenoxy) is 1. The number of hydrogen-bond acceptors (Lipinski definition) is 3. The van der Waals surface area contributed by atoms with Crippen LogP contribution in [0.4, 0.5) is 11.6 Å². The highest BCUT2D eigenvalue weighted by atomic mass is 79.9. The Morgan fingerprint density at radius 1 is 1.43 bits per heavy atom. The topological polar surface area (TPSA) is 39.1 Å². The predicted octanol–water partition coefficient (Wildman–Crippen LogP) is 4.78. The van der Waals surface area contributed by atoms with Crippen molar-refractivity contribution in [1.29, 1.82) is 0 Å². The number of aryl methyl sites for hydroxylation is 2. The molecule has 6 heteroatoms. The Bertz CT molecular complexity index is 601. The summed E-state index contributed by atoms with van der Waals surface area (Å²) in [6, 6.07) is 5.64. The Balaban J connectivity index is 2.10. The van der Waals surface area contributed by atoms with Crippen LogP contribution in [0.15, 0.2) is 28.9 Å². The third kappa shape index (κ3) is 4.73. The van der Waals surface area contributed by atoms with Gasteiger partial charge in [0.1, 0.15) is 0 Å². The summed E-state index contributed by atoms with van der Waals surface area (Å²) in [6.07, 6.45) is 2.99. The van der Waals surface area contributed by atoms with Crippen molar-refractivity contribution in [1.82, 2.24) is 9.55 Å². The largest absolute Gasteiger partial charge is 0.382 e. The van der Waals surface area contributed by atoms with Gasteiger partial charge < -0.3 is 14.6 Å². The van der Waals surface area contributed by atoms with Gasteiger partial charge in [-0.15, -0.1) is 0 Å². The van der Waals surface area contributed by atoms with Crippen molar-refractivity contribution in [3.05, 3.63) is 39.6 Å². The molecule has 0 fully saturated rings. The molecule has 0 unspecified atom stereocenters. The van der Waals surface area contributed by atoms with Crippen LogP contribution in [0.2, 0.25) is 5.02 Å². The number of nitrogens with one attached hydrogen (secondary N) is 1. The summed E-state index contributed by atoms with van der Waals surface area (Å²) in [5.74, 6) is 0.812. The van der Waals surface area contributed by atoms with Gasteiger partial charge in [-0.25, -0.2) is 4.98 Å².